The number of carbonyl (C=O) groups excluding carboxylic acids is 1. The fourth-order valence-electron chi connectivity index (χ4n) is 1.27. The Bertz CT molecular complexity index is 527. The van der Waals surface area contributed by atoms with E-state index in [9.17, 15) is 9.59 Å². The molecular formula is C19H31NO4. The molecule has 1 aromatic carbocycles. The highest BCUT2D eigenvalue weighted by atomic mass is 16.4. The quantitative estimate of drug-likeness (QED) is 0.727. The summed E-state index contributed by atoms with van der Waals surface area (Å²) in [5.41, 5.74) is 0.533. The van der Waals surface area contributed by atoms with Crippen LogP contribution in [0.2, 0.25) is 0 Å². The molecule has 3 N–H and O–H groups in total. The summed E-state index contributed by atoms with van der Waals surface area (Å²) in [6, 6.07) is 6.12. The molecule has 0 aliphatic carbocycles. The first-order valence-electron chi connectivity index (χ1n) is 8.24. The molecule has 0 spiro atoms. The molecule has 1 amide bonds. The van der Waals surface area contributed by atoms with Gasteiger partial charge in [-0.05, 0) is 42.5 Å². The van der Waals surface area contributed by atoms with Crippen LogP contribution in [0.4, 0.5) is 5.69 Å². The van der Waals surface area contributed by atoms with E-state index in [0.29, 0.717) is 12.3 Å². The second-order valence-electron chi connectivity index (χ2n) is 7.25. The molecule has 1 aromatic rings. The second-order valence-corrected chi connectivity index (χ2v) is 7.25. The highest BCUT2D eigenvalue weighted by Crippen LogP contribution is 2.22. The molecule has 24 heavy (non-hydrogen) atoms. The number of carbonyl (C=O) groups is 2. The highest BCUT2D eigenvalue weighted by Gasteiger charge is 2.25. The molecule has 5 heteroatoms. The van der Waals surface area contributed by atoms with Gasteiger partial charge in [0.2, 0.25) is 5.91 Å². The average molecular weight is 337 g/mol. The summed E-state index contributed by atoms with van der Waals surface area (Å²) in [6.45, 7) is 12.2. The summed E-state index contributed by atoms with van der Waals surface area (Å²) in [7, 11) is 0. The van der Waals surface area contributed by atoms with Crippen LogP contribution in [0.15, 0.2) is 24.3 Å². The van der Waals surface area contributed by atoms with Crippen molar-refractivity contribution in [2.24, 2.45) is 10.8 Å². The Balaban J connectivity index is 0.000000640. The topological polar surface area (TPSA) is 86.6 Å². The lowest BCUT2D eigenvalue weighted by atomic mass is 9.89. The van der Waals surface area contributed by atoms with Gasteiger partial charge >= 0.3 is 5.97 Å². The van der Waals surface area contributed by atoms with Gasteiger partial charge in [0.25, 0.3) is 0 Å². The van der Waals surface area contributed by atoms with E-state index in [4.69, 9.17) is 10.2 Å². The van der Waals surface area contributed by atoms with Crippen molar-refractivity contribution in [1.29, 1.82) is 0 Å². The number of aliphatic hydroxyl groups is 1. The van der Waals surface area contributed by atoms with Gasteiger partial charge in [-0.15, -0.1) is 0 Å². The van der Waals surface area contributed by atoms with E-state index in [1.807, 2.05) is 34.6 Å². The summed E-state index contributed by atoms with van der Waals surface area (Å²) in [5, 5.41) is 20.1. The van der Waals surface area contributed by atoms with Crippen LogP contribution in [0.5, 0.6) is 0 Å². The Hall–Kier alpha value is -1.88. The number of hydrogen-bond donors (Lipinski definition) is 3. The summed E-state index contributed by atoms with van der Waals surface area (Å²) >= 11 is 0. The fraction of sp³-hybridized carbons (Fsp3) is 0.579. The molecule has 136 valence electrons. The van der Waals surface area contributed by atoms with Crippen molar-refractivity contribution in [3.8, 4) is 0 Å². The van der Waals surface area contributed by atoms with Crippen molar-refractivity contribution >= 4 is 17.6 Å². The zero-order valence-electron chi connectivity index (χ0n) is 15.6. The van der Waals surface area contributed by atoms with Gasteiger partial charge in [-0.2, -0.15) is 0 Å². The first-order valence-corrected chi connectivity index (χ1v) is 8.24. The molecular weight excluding hydrogens is 306 g/mol. The predicted molar refractivity (Wildman–Crippen MR) is 97.3 cm³/mol. The van der Waals surface area contributed by atoms with Crippen LogP contribution in [0.3, 0.4) is 0 Å². The Morgan fingerprint density at radius 3 is 1.79 bits per heavy atom. The number of aromatic carboxylic acids is 1. The fourth-order valence-corrected chi connectivity index (χ4v) is 1.27. The van der Waals surface area contributed by atoms with E-state index in [2.05, 4.69) is 12.2 Å². The van der Waals surface area contributed by atoms with Gasteiger partial charge in [0, 0.05) is 17.7 Å². The summed E-state index contributed by atoms with van der Waals surface area (Å²) in [5.74, 6) is -1.04. The molecule has 0 unspecified atom stereocenters. The Morgan fingerprint density at radius 1 is 1.00 bits per heavy atom. The first-order chi connectivity index (χ1) is 11.0. The van der Waals surface area contributed by atoms with Crippen LogP contribution in [-0.2, 0) is 4.79 Å². The maximum absolute atomic E-state index is 11.9. The van der Waals surface area contributed by atoms with Gasteiger partial charge in [0.05, 0.1) is 5.56 Å². The summed E-state index contributed by atoms with van der Waals surface area (Å²) in [6.07, 6.45) is 1.79. The molecule has 0 aliphatic rings. The van der Waals surface area contributed by atoms with E-state index >= 15 is 0 Å². The Labute approximate surface area is 145 Å². The van der Waals surface area contributed by atoms with Gasteiger partial charge in [-0.1, -0.05) is 41.5 Å². The van der Waals surface area contributed by atoms with Crippen LogP contribution in [0, 0.1) is 10.8 Å². The minimum absolute atomic E-state index is 0.0666. The summed E-state index contributed by atoms with van der Waals surface area (Å²) < 4.78 is 0. The summed E-state index contributed by atoms with van der Waals surface area (Å²) in [4.78, 5) is 22.5. The first kappa shape index (κ1) is 22.1. The predicted octanol–water partition coefficient (Wildman–Crippen LogP) is 4.17. The van der Waals surface area contributed by atoms with Gasteiger partial charge in [-0.25, -0.2) is 4.79 Å². The number of carboxylic acids is 1. The van der Waals surface area contributed by atoms with Crippen LogP contribution in [0.1, 0.15) is 64.7 Å². The molecule has 0 heterocycles. The standard InChI is InChI=1S/C13H17NO3.C6H14O/c1-4-13(2,3)12(17)14-10-7-5-9(6-8-10)11(15)16;1-4-6(2,3)5-7/h5-8H,4H2,1-3H3,(H,14,17)(H,15,16);7H,4-5H2,1-3H3. The number of hydrogen-bond acceptors (Lipinski definition) is 3. The zero-order valence-corrected chi connectivity index (χ0v) is 15.6. The van der Waals surface area contributed by atoms with E-state index in [0.717, 1.165) is 12.8 Å². The van der Waals surface area contributed by atoms with Gasteiger partial charge in [0.1, 0.15) is 0 Å². The monoisotopic (exact) mass is 337 g/mol. The largest absolute Gasteiger partial charge is 0.478 e. The molecule has 1 rings (SSSR count). The van der Waals surface area contributed by atoms with Crippen molar-refractivity contribution in [1.82, 2.24) is 0 Å². The lowest BCUT2D eigenvalue weighted by Crippen LogP contribution is -2.29. The molecule has 0 fully saturated rings. The maximum Gasteiger partial charge on any atom is 0.335 e. The van der Waals surface area contributed by atoms with Crippen LogP contribution in [-0.4, -0.2) is 28.7 Å². The van der Waals surface area contributed by atoms with E-state index < -0.39 is 11.4 Å². The smallest absolute Gasteiger partial charge is 0.335 e. The highest BCUT2D eigenvalue weighted by molar-refractivity contribution is 5.95. The van der Waals surface area contributed by atoms with Crippen molar-refractivity contribution in [2.45, 2.75) is 54.4 Å². The van der Waals surface area contributed by atoms with Gasteiger partial charge < -0.3 is 15.5 Å². The van der Waals surface area contributed by atoms with E-state index in [1.54, 1.807) is 12.1 Å². The minimum Gasteiger partial charge on any atom is -0.478 e. The third-order valence-electron chi connectivity index (χ3n) is 4.27. The third-order valence-corrected chi connectivity index (χ3v) is 4.27. The maximum atomic E-state index is 11.9. The Kier molecular flexibility index (Phi) is 8.69. The lowest BCUT2D eigenvalue weighted by molar-refractivity contribution is -0.124. The Morgan fingerprint density at radius 2 is 1.50 bits per heavy atom. The van der Waals surface area contributed by atoms with Crippen molar-refractivity contribution in [3.05, 3.63) is 29.8 Å². The molecule has 0 saturated carbocycles. The van der Waals surface area contributed by atoms with E-state index in [-0.39, 0.29) is 16.9 Å². The molecule has 0 saturated heterocycles. The number of aliphatic hydroxyl groups excluding tert-OH is 1. The van der Waals surface area contributed by atoms with Crippen LogP contribution in [0.25, 0.3) is 0 Å². The van der Waals surface area contributed by atoms with Gasteiger partial charge in [-0.3, -0.25) is 4.79 Å². The minimum atomic E-state index is -0.975. The van der Waals surface area contributed by atoms with Gasteiger partial charge in [0.15, 0.2) is 0 Å². The van der Waals surface area contributed by atoms with Crippen molar-refractivity contribution in [2.75, 3.05) is 11.9 Å². The van der Waals surface area contributed by atoms with Crippen LogP contribution < -0.4 is 5.32 Å². The SMILES string of the molecule is CCC(C)(C)C(=O)Nc1ccc(C(=O)O)cc1.CCC(C)(C)CO. The number of rotatable bonds is 6. The normalized spacial score (nSPS) is 11.3. The molecule has 0 bridgehead atoms. The molecule has 0 radical (unpaired) electrons. The van der Waals surface area contributed by atoms with E-state index in [1.165, 1.54) is 12.1 Å². The average Bonchev–Trinajstić information content (AvgIpc) is 2.55. The number of benzene rings is 1. The lowest BCUT2D eigenvalue weighted by Gasteiger charge is -2.21. The molecule has 0 atom stereocenters. The third kappa shape index (κ3) is 7.59. The number of anilines is 1. The molecule has 0 aliphatic heterocycles. The second kappa shape index (κ2) is 9.42. The molecule has 0 aromatic heterocycles. The number of carboxylic acid groups (broad SMARTS) is 1. The zero-order chi connectivity index (χ0) is 19.0. The number of nitrogens with one attached hydrogen (secondary N) is 1. The van der Waals surface area contributed by atoms with Crippen molar-refractivity contribution < 1.29 is 19.8 Å². The molecule has 5 nitrogen and oxygen atoms in total. The van der Waals surface area contributed by atoms with Crippen LogP contribution >= 0.6 is 0 Å². The van der Waals surface area contributed by atoms with Crippen molar-refractivity contribution in [3.63, 3.8) is 0 Å². The number of amides is 1.